The Hall–Kier alpha value is -3.86. The minimum Gasteiger partial charge on any atom is -0.451 e. The summed E-state index contributed by atoms with van der Waals surface area (Å²) in [6.45, 7) is 1.29. The third-order valence-electron chi connectivity index (χ3n) is 5.72. The molecule has 188 valence electrons. The monoisotopic (exact) mass is 540 g/mol. The van der Waals surface area contributed by atoms with Crippen LogP contribution in [0.1, 0.15) is 33.9 Å². The van der Waals surface area contributed by atoms with Crippen LogP contribution in [-0.4, -0.2) is 55.6 Å². The zero-order valence-electron chi connectivity index (χ0n) is 19.2. The molecule has 12 heteroatoms. The Morgan fingerprint density at radius 3 is 2.00 bits per heavy atom. The Kier molecular flexibility index (Phi) is 6.88. The molecule has 1 fully saturated rings. The van der Waals surface area contributed by atoms with Crippen LogP contribution in [0.15, 0.2) is 67.0 Å². The zero-order valence-corrected chi connectivity index (χ0v) is 20.7. The number of nitrogens with zero attached hydrogens (tertiary/aromatic N) is 4. The maximum absolute atomic E-state index is 13.1. The highest BCUT2D eigenvalue weighted by Crippen LogP contribution is 2.37. The first kappa shape index (κ1) is 24.8. The highest BCUT2D eigenvalue weighted by atomic mass is 35.5. The lowest BCUT2D eigenvalue weighted by Gasteiger charge is -2.24. The van der Waals surface area contributed by atoms with Gasteiger partial charge in [0, 0.05) is 0 Å². The van der Waals surface area contributed by atoms with Gasteiger partial charge in [-0.2, -0.15) is 4.98 Å². The van der Waals surface area contributed by atoms with Crippen molar-refractivity contribution in [3.05, 3.63) is 88.6 Å². The smallest absolute Gasteiger partial charge is 0.338 e. The molecule has 1 saturated heterocycles. The number of aromatic nitrogens is 4. The number of carbonyl (C=O) groups excluding carboxylic acids is 3. The third kappa shape index (κ3) is 4.91. The normalized spacial score (nSPS) is 21.1. The molecule has 0 radical (unpaired) electrons. The maximum Gasteiger partial charge on any atom is 0.338 e. The van der Waals surface area contributed by atoms with Crippen LogP contribution in [0.5, 0.6) is 0 Å². The molecule has 4 atom stereocenters. The second kappa shape index (κ2) is 10.3. The lowest BCUT2D eigenvalue weighted by molar-refractivity contribution is -0.133. The van der Waals surface area contributed by atoms with E-state index in [0.717, 1.165) is 0 Å². The average molecular weight is 541 g/mol. The van der Waals surface area contributed by atoms with Gasteiger partial charge in [0.2, 0.25) is 5.28 Å². The molecule has 0 unspecified atom stereocenters. The molecule has 0 spiro atoms. The molecule has 3 heterocycles. The van der Waals surface area contributed by atoms with E-state index in [1.54, 1.807) is 60.7 Å². The number of fused-ring (bicyclic) bond motifs is 1. The topological polar surface area (TPSA) is 123 Å². The quantitative estimate of drug-likeness (QED) is 0.202. The van der Waals surface area contributed by atoms with E-state index in [2.05, 4.69) is 15.0 Å². The van der Waals surface area contributed by atoms with Crippen LogP contribution in [0.2, 0.25) is 10.4 Å². The van der Waals surface area contributed by atoms with Crippen LogP contribution < -0.4 is 0 Å². The van der Waals surface area contributed by atoms with E-state index < -0.39 is 42.3 Å². The molecule has 10 nitrogen and oxygen atoms in total. The summed E-state index contributed by atoms with van der Waals surface area (Å²) in [7, 11) is 0. The fraction of sp³-hybridized carbons (Fsp3) is 0.200. The standard InChI is InChI=1S/C25H18Cl2N4O6/c1-13(32)17-18(36-23(33)14-8-4-2-5-9-14)19(37-24(34)15-10-6-3-7-11-15)22(35-17)31-12-28-16-20(26)29-25(27)30-21(16)31/h2-12,17-19,22H,1H3/t17-,18-,19-,22-/m1/s1. The van der Waals surface area contributed by atoms with E-state index in [-0.39, 0.29) is 32.7 Å². The van der Waals surface area contributed by atoms with Crippen LogP contribution in [0.25, 0.3) is 11.2 Å². The Bertz CT molecular complexity index is 1480. The van der Waals surface area contributed by atoms with Gasteiger partial charge in [0.05, 0.1) is 17.5 Å². The first-order valence-electron chi connectivity index (χ1n) is 11.1. The average Bonchev–Trinajstić information content (AvgIpc) is 3.46. The van der Waals surface area contributed by atoms with Crippen molar-refractivity contribution >= 4 is 52.1 Å². The van der Waals surface area contributed by atoms with Gasteiger partial charge in [-0.05, 0) is 42.8 Å². The summed E-state index contributed by atoms with van der Waals surface area (Å²) >= 11 is 12.2. The number of ether oxygens (including phenoxy) is 3. The summed E-state index contributed by atoms with van der Waals surface area (Å²) in [5, 5.41) is -0.148. The Balaban J connectivity index is 1.57. The minimum atomic E-state index is -1.28. The van der Waals surface area contributed by atoms with Crippen molar-refractivity contribution in [1.29, 1.82) is 0 Å². The summed E-state index contributed by atoms with van der Waals surface area (Å²) in [6.07, 6.45) is -3.63. The van der Waals surface area contributed by atoms with Gasteiger partial charge in [-0.15, -0.1) is 0 Å². The summed E-state index contributed by atoms with van der Waals surface area (Å²) in [6, 6.07) is 16.5. The number of carbonyl (C=O) groups is 3. The van der Waals surface area contributed by atoms with E-state index >= 15 is 0 Å². The maximum atomic E-state index is 13.1. The molecule has 5 rings (SSSR count). The lowest BCUT2D eigenvalue weighted by Crippen LogP contribution is -2.41. The van der Waals surface area contributed by atoms with Crippen molar-refractivity contribution in [2.24, 2.45) is 0 Å². The molecule has 0 saturated carbocycles. The summed E-state index contributed by atoms with van der Waals surface area (Å²) in [4.78, 5) is 50.9. The number of hydrogen-bond donors (Lipinski definition) is 0. The van der Waals surface area contributed by atoms with Crippen LogP contribution in [-0.2, 0) is 19.0 Å². The molecule has 1 aliphatic heterocycles. The molecular formula is C25H18Cl2N4O6. The van der Waals surface area contributed by atoms with Gasteiger partial charge >= 0.3 is 11.9 Å². The van der Waals surface area contributed by atoms with Gasteiger partial charge in [0.1, 0.15) is 5.52 Å². The summed E-state index contributed by atoms with van der Waals surface area (Å²) in [5.74, 6) is -1.87. The van der Waals surface area contributed by atoms with E-state index in [1.807, 2.05) is 0 Å². The van der Waals surface area contributed by atoms with Gasteiger partial charge in [0.25, 0.3) is 0 Å². The number of rotatable bonds is 6. The predicted octanol–water partition coefficient (Wildman–Crippen LogP) is 4.07. The van der Waals surface area contributed by atoms with Crippen molar-refractivity contribution in [3.8, 4) is 0 Å². The van der Waals surface area contributed by atoms with Gasteiger partial charge in [-0.3, -0.25) is 9.36 Å². The number of esters is 2. The van der Waals surface area contributed by atoms with E-state index in [1.165, 1.54) is 17.8 Å². The first-order chi connectivity index (χ1) is 17.8. The van der Waals surface area contributed by atoms with Crippen molar-refractivity contribution in [2.75, 3.05) is 0 Å². The number of ketones is 1. The molecule has 0 N–H and O–H groups in total. The lowest BCUT2D eigenvalue weighted by atomic mass is 10.1. The van der Waals surface area contributed by atoms with E-state index in [4.69, 9.17) is 37.4 Å². The second-order valence-corrected chi connectivity index (χ2v) is 8.83. The molecule has 4 aromatic rings. The number of benzene rings is 2. The largest absolute Gasteiger partial charge is 0.451 e. The van der Waals surface area contributed by atoms with Gasteiger partial charge < -0.3 is 14.2 Å². The highest BCUT2D eigenvalue weighted by Gasteiger charge is 2.53. The highest BCUT2D eigenvalue weighted by molar-refractivity contribution is 6.35. The van der Waals surface area contributed by atoms with Crippen molar-refractivity contribution < 1.29 is 28.6 Å². The van der Waals surface area contributed by atoms with E-state index in [9.17, 15) is 14.4 Å². The summed E-state index contributed by atoms with van der Waals surface area (Å²) in [5.41, 5.74) is 0.894. The predicted molar refractivity (Wildman–Crippen MR) is 131 cm³/mol. The Morgan fingerprint density at radius 2 is 1.43 bits per heavy atom. The van der Waals surface area contributed by atoms with Crippen molar-refractivity contribution in [3.63, 3.8) is 0 Å². The molecule has 37 heavy (non-hydrogen) atoms. The molecule has 0 bridgehead atoms. The van der Waals surface area contributed by atoms with Crippen molar-refractivity contribution in [2.45, 2.75) is 31.5 Å². The van der Waals surface area contributed by atoms with Crippen LogP contribution in [0, 0.1) is 0 Å². The number of hydrogen-bond acceptors (Lipinski definition) is 9. The molecule has 0 aliphatic carbocycles. The molecule has 2 aromatic carbocycles. The van der Waals surface area contributed by atoms with Crippen LogP contribution in [0.3, 0.4) is 0 Å². The number of Topliss-reactive ketones (excluding diaryl/α,β-unsaturated/α-hetero) is 1. The number of imidazole rings is 1. The Morgan fingerprint density at radius 1 is 0.865 bits per heavy atom. The SMILES string of the molecule is CC(=O)[C@H]1O[C@@H](n2cnc3c(Cl)nc(Cl)nc32)[C@H](OC(=O)c2ccccc2)[C@@H]1OC(=O)c1ccccc1. The fourth-order valence-electron chi connectivity index (χ4n) is 4.02. The summed E-state index contributed by atoms with van der Waals surface area (Å²) < 4.78 is 19.0. The van der Waals surface area contributed by atoms with Crippen LogP contribution in [0.4, 0.5) is 0 Å². The van der Waals surface area contributed by atoms with Gasteiger partial charge in [0.15, 0.2) is 41.1 Å². The second-order valence-electron chi connectivity index (χ2n) is 8.14. The fourth-order valence-corrected chi connectivity index (χ4v) is 4.44. The molecule has 1 aliphatic rings. The molecule has 0 amide bonds. The Labute approximate surface area is 220 Å². The molecular weight excluding hydrogens is 523 g/mol. The van der Waals surface area contributed by atoms with Crippen LogP contribution >= 0.6 is 23.2 Å². The van der Waals surface area contributed by atoms with E-state index in [0.29, 0.717) is 0 Å². The van der Waals surface area contributed by atoms with Gasteiger partial charge in [-0.1, -0.05) is 48.0 Å². The minimum absolute atomic E-state index is 0.000231. The molecule has 2 aromatic heterocycles. The zero-order chi connectivity index (χ0) is 26.1. The van der Waals surface area contributed by atoms with Gasteiger partial charge in [-0.25, -0.2) is 19.6 Å². The van der Waals surface area contributed by atoms with Crippen molar-refractivity contribution in [1.82, 2.24) is 19.5 Å². The first-order valence-corrected chi connectivity index (χ1v) is 11.8. The number of halogens is 2. The third-order valence-corrected chi connectivity index (χ3v) is 6.15.